The second-order valence-electron chi connectivity index (χ2n) is 4.46. The van der Waals surface area contributed by atoms with Crippen LogP contribution in [0.25, 0.3) is 11.0 Å². The molecule has 1 heterocycles. The largest absolute Gasteiger partial charge is 0.478 e. The predicted octanol–water partition coefficient (Wildman–Crippen LogP) is 0.506. The Hall–Kier alpha value is -2.57. The van der Waals surface area contributed by atoms with Crippen molar-refractivity contribution in [3.05, 3.63) is 34.2 Å². The van der Waals surface area contributed by atoms with Crippen LogP contribution in [-0.4, -0.2) is 45.0 Å². The van der Waals surface area contributed by atoms with E-state index in [-0.39, 0.29) is 18.0 Å². The van der Waals surface area contributed by atoms with Crippen LogP contribution in [0.4, 0.5) is 0 Å². The number of hydrogen-bond acceptors (Lipinski definition) is 3. The van der Waals surface area contributed by atoms with Crippen molar-refractivity contribution in [3.63, 3.8) is 0 Å². The summed E-state index contributed by atoms with van der Waals surface area (Å²) in [6.45, 7) is 2.32. The molecular formula is C13H15N3O4. The number of nitrogens with zero attached hydrogens (tertiary/aromatic N) is 2. The molecule has 0 aliphatic rings. The third-order valence-corrected chi connectivity index (χ3v) is 3.21. The van der Waals surface area contributed by atoms with E-state index in [9.17, 15) is 14.4 Å². The quantitative estimate of drug-likeness (QED) is 0.851. The van der Waals surface area contributed by atoms with Crippen LogP contribution in [0.1, 0.15) is 17.3 Å². The highest BCUT2D eigenvalue weighted by Crippen LogP contribution is 2.13. The number of likely N-dealkylation sites (N-methyl/N-ethyl adjacent to an activating group) is 1. The molecule has 20 heavy (non-hydrogen) atoms. The Morgan fingerprint density at radius 3 is 2.70 bits per heavy atom. The van der Waals surface area contributed by atoms with Gasteiger partial charge in [0, 0.05) is 13.6 Å². The number of carbonyl (C=O) groups is 2. The van der Waals surface area contributed by atoms with Crippen molar-refractivity contribution in [1.29, 1.82) is 0 Å². The molecule has 0 radical (unpaired) electrons. The number of carboxylic acids is 1. The number of amides is 1. The highest BCUT2D eigenvalue weighted by atomic mass is 16.4. The maximum atomic E-state index is 11.9. The van der Waals surface area contributed by atoms with E-state index in [1.165, 1.54) is 27.7 Å². The van der Waals surface area contributed by atoms with E-state index in [2.05, 4.69) is 4.98 Å². The molecule has 2 aromatic rings. The molecule has 1 amide bonds. The molecular weight excluding hydrogens is 262 g/mol. The van der Waals surface area contributed by atoms with Crippen molar-refractivity contribution in [2.45, 2.75) is 13.5 Å². The molecule has 0 aliphatic heterocycles. The zero-order chi connectivity index (χ0) is 14.9. The number of benzene rings is 1. The van der Waals surface area contributed by atoms with Crippen molar-refractivity contribution >= 4 is 22.9 Å². The Labute approximate surface area is 114 Å². The number of aromatic carboxylic acids is 1. The predicted molar refractivity (Wildman–Crippen MR) is 72.8 cm³/mol. The van der Waals surface area contributed by atoms with Crippen LogP contribution in [0.2, 0.25) is 0 Å². The van der Waals surface area contributed by atoms with E-state index in [1.54, 1.807) is 7.05 Å². The second-order valence-corrected chi connectivity index (χ2v) is 4.46. The number of H-pyrrole nitrogens is 1. The van der Waals surface area contributed by atoms with Crippen molar-refractivity contribution in [3.8, 4) is 0 Å². The number of carboxylic acid groups (broad SMARTS) is 1. The summed E-state index contributed by atoms with van der Waals surface area (Å²) in [7, 11) is 1.66. The van der Waals surface area contributed by atoms with E-state index in [4.69, 9.17) is 5.11 Å². The van der Waals surface area contributed by atoms with Gasteiger partial charge in [0.1, 0.15) is 6.54 Å². The summed E-state index contributed by atoms with van der Waals surface area (Å²) in [6.07, 6.45) is 0. The molecule has 0 spiro atoms. The number of fused-ring (bicyclic) bond motifs is 1. The van der Waals surface area contributed by atoms with Crippen LogP contribution in [-0.2, 0) is 11.3 Å². The summed E-state index contributed by atoms with van der Waals surface area (Å²) >= 11 is 0. The molecule has 0 saturated heterocycles. The summed E-state index contributed by atoms with van der Waals surface area (Å²) in [4.78, 5) is 38.7. The Kier molecular flexibility index (Phi) is 3.60. The van der Waals surface area contributed by atoms with Crippen LogP contribution < -0.4 is 5.69 Å². The van der Waals surface area contributed by atoms with E-state index in [0.29, 0.717) is 17.6 Å². The Morgan fingerprint density at radius 2 is 2.10 bits per heavy atom. The molecule has 7 heteroatoms. The van der Waals surface area contributed by atoms with Crippen LogP contribution in [0.15, 0.2) is 23.0 Å². The van der Waals surface area contributed by atoms with Gasteiger partial charge in [0.25, 0.3) is 0 Å². The SMILES string of the molecule is CCN(C)C(=O)Cn1c(=O)[nH]c2cc(C(=O)O)ccc21. The van der Waals surface area contributed by atoms with Crippen LogP contribution in [0, 0.1) is 0 Å². The van der Waals surface area contributed by atoms with Gasteiger partial charge in [0.05, 0.1) is 16.6 Å². The minimum absolute atomic E-state index is 0.0738. The Bertz CT molecular complexity index is 729. The van der Waals surface area contributed by atoms with Crippen molar-refractivity contribution in [1.82, 2.24) is 14.5 Å². The number of aromatic nitrogens is 2. The highest BCUT2D eigenvalue weighted by molar-refractivity contribution is 5.92. The van der Waals surface area contributed by atoms with Gasteiger partial charge in [-0.05, 0) is 25.1 Å². The number of rotatable bonds is 4. The van der Waals surface area contributed by atoms with Crippen molar-refractivity contribution in [2.75, 3.05) is 13.6 Å². The van der Waals surface area contributed by atoms with Gasteiger partial charge in [0.15, 0.2) is 0 Å². The fraction of sp³-hybridized carbons (Fsp3) is 0.308. The normalized spacial score (nSPS) is 10.7. The third-order valence-electron chi connectivity index (χ3n) is 3.21. The topological polar surface area (TPSA) is 95.4 Å². The molecule has 106 valence electrons. The summed E-state index contributed by atoms with van der Waals surface area (Å²) < 4.78 is 1.30. The van der Waals surface area contributed by atoms with Gasteiger partial charge in [-0.15, -0.1) is 0 Å². The first-order valence-corrected chi connectivity index (χ1v) is 6.14. The molecule has 2 rings (SSSR count). The minimum Gasteiger partial charge on any atom is -0.478 e. The zero-order valence-corrected chi connectivity index (χ0v) is 11.2. The number of imidazole rings is 1. The van der Waals surface area contributed by atoms with E-state index < -0.39 is 11.7 Å². The second kappa shape index (κ2) is 5.20. The molecule has 0 bridgehead atoms. The van der Waals surface area contributed by atoms with Crippen LogP contribution in [0.3, 0.4) is 0 Å². The summed E-state index contributed by atoms with van der Waals surface area (Å²) in [5.41, 5.74) is 0.572. The van der Waals surface area contributed by atoms with E-state index in [0.717, 1.165) is 0 Å². The maximum absolute atomic E-state index is 11.9. The van der Waals surface area contributed by atoms with Gasteiger partial charge >= 0.3 is 11.7 Å². The summed E-state index contributed by atoms with van der Waals surface area (Å²) in [5.74, 6) is -1.25. The molecule has 7 nitrogen and oxygen atoms in total. The fourth-order valence-electron chi connectivity index (χ4n) is 1.89. The van der Waals surface area contributed by atoms with Gasteiger partial charge in [-0.1, -0.05) is 0 Å². The molecule has 0 unspecified atom stereocenters. The number of hydrogen-bond donors (Lipinski definition) is 2. The average Bonchev–Trinajstić information content (AvgIpc) is 2.73. The Balaban J connectivity index is 2.44. The lowest BCUT2D eigenvalue weighted by Crippen LogP contribution is -2.32. The first-order valence-electron chi connectivity index (χ1n) is 6.14. The lowest BCUT2D eigenvalue weighted by molar-refractivity contribution is -0.130. The molecule has 1 aromatic heterocycles. The smallest absolute Gasteiger partial charge is 0.335 e. The first kappa shape index (κ1) is 13.9. The van der Waals surface area contributed by atoms with Gasteiger partial charge in [-0.2, -0.15) is 0 Å². The monoisotopic (exact) mass is 277 g/mol. The maximum Gasteiger partial charge on any atom is 0.335 e. The van der Waals surface area contributed by atoms with E-state index in [1.807, 2.05) is 6.92 Å². The van der Waals surface area contributed by atoms with Crippen molar-refractivity contribution in [2.24, 2.45) is 0 Å². The Morgan fingerprint density at radius 1 is 1.40 bits per heavy atom. The van der Waals surface area contributed by atoms with Crippen LogP contribution in [0.5, 0.6) is 0 Å². The standard InChI is InChI=1S/C13H15N3O4/c1-3-15(2)11(17)7-16-10-5-4-8(12(18)19)6-9(10)14-13(16)20/h4-6H,3,7H2,1-2H3,(H,14,20)(H,18,19). The van der Waals surface area contributed by atoms with E-state index >= 15 is 0 Å². The molecule has 0 atom stereocenters. The average molecular weight is 277 g/mol. The number of aromatic amines is 1. The van der Waals surface area contributed by atoms with Crippen LogP contribution >= 0.6 is 0 Å². The molecule has 1 aromatic carbocycles. The molecule has 0 saturated carbocycles. The highest BCUT2D eigenvalue weighted by Gasteiger charge is 2.14. The van der Waals surface area contributed by atoms with Gasteiger partial charge in [0.2, 0.25) is 5.91 Å². The summed E-state index contributed by atoms with van der Waals surface area (Å²) in [6, 6.07) is 4.31. The zero-order valence-electron chi connectivity index (χ0n) is 11.2. The molecule has 0 aliphatic carbocycles. The lowest BCUT2D eigenvalue weighted by atomic mass is 10.2. The fourth-order valence-corrected chi connectivity index (χ4v) is 1.89. The first-order chi connectivity index (χ1) is 9.43. The number of carbonyl (C=O) groups excluding carboxylic acids is 1. The summed E-state index contributed by atoms with van der Waals surface area (Å²) in [5, 5.41) is 8.91. The van der Waals surface area contributed by atoms with Gasteiger partial charge < -0.3 is 15.0 Å². The third kappa shape index (κ3) is 2.42. The van der Waals surface area contributed by atoms with Gasteiger partial charge in [-0.25, -0.2) is 9.59 Å². The number of nitrogens with one attached hydrogen (secondary N) is 1. The van der Waals surface area contributed by atoms with Gasteiger partial charge in [-0.3, -0.25) is 9.36 Å². The molecule has 2 N–H and O–H groups in total. The lowest BCUT2D eigenvalue weighted by Gasteiger charge is -2.14. The molecule has 0 fully saturated rings. The van der Waals surface area contributed by atoms with Crippen molar-refractivity contribution < 1.29 is 14.7 Å². The minimum atomic E-state index is -1.07.